The maximum Gasteiger partial charge on any atom is 0.125 e. The van der Waals surface area contributed by atoms with Crippen molar-refractivity contribution in [2.75, 3.05) is 11.9 Å². The topological polar surface area (TPSA) is 53.1 Å². The normalized spacial score (nSPS) is 10.2. The Hall–Kier alpha value is -2.36. The molecule has 0 radical (unpaired) electrons. The Kier molecular flexibility index (Phi) is 3.80. The molecular formula is C15H16FN3. The molecule has 0 amide bonds. The average molecular weight is 257 g/mol. The summed E-state index contributed by atoms with van der Waals surface area (Å²) in [6, 6.07) is 14.0. The number of nitrogens with one attached hydrogen (secondary N) is 1. The standard InChI is InChI=1S/C15H16FN3/c1-19(14-7-3-6-13(16)9-14)10-11-4-2-5-12(8-11)15(17)18/h2-9H,10H2,1H3,(H3,17,18). The number of nitrogens with two attached hydrogens (primary N) is 1. The zero-order valence-corrected chi connectivity index (χ0v) is 10.7. The third-order valence-corrected chi connectivity index (χ3v) is 2.91. The van der Waals surface area contributed by atoms with E-state index in [2.05, 4.69) is 0 Å². The van der Waals surface area contributed by atoms with Crippen molar-refractivity contribution in [3.8, 4) is 0 Å². The minimum absolute atomic E-state index is 0.0512. The van der Waals surface area contributed by atoms with Crippen LogP contribution in [0.15, 0.2) is 48.5 Å². The Morgan fingerprint density at radius 1 is 1.21 bits per heavy atom. The first-order valence-corrected chi connectivity index (χ1v) is 5.96. The summed E-state index contributed by atoms with van der Waals surface area (Å²) in [7, 11) is 1.90. The fourth-order valence-electron chi connectivity index (χ4n) is 1.92. The van der Waals surface area contributed by atoms with Gasteiger partial charge in [0.05, 0.1) is 0 Å². The van der Waals surface area contributed by atoms with Gasteiger partial charge in [0.2, 0.25) is 0 Å². The molecule has 0 aromatic heterocycles. The number of hydrogen-bond donors (Lipinski definition) is 2. The number of hydrogen-bond acceptors (Lipinski definition) is 2. The first-order valence-electron chi connectivity index (χ1n) is 5.96. The van der Waals surface area contributed by atoms with Crippen LogP contribution in [0.1, 0.15) is 11.1 Å². The van der Waals surface area contributed by atoms with E-state index >= 15 is 0 Å². The minimum atomic E-state index is -0.248. The van der Waals surface area contributed by atoms with Crippen molar-refractivity contribution in [3.05, 3.63) is 65.5 Å². The van der Waals surface area contributed by atoms with Crippen LogP contribution in [0.2, 0.25) is 0 Å². The summed E-state index contributed by atoms with van der Waals surface area (Å²) >= 11 is 0. The first kappa shape index (κ1) is 13.1. The second kappa shape index (κ2) is 5.52. The highest BCUT2D eigenvalue weighted by atomic mass is 19.1. The number of benzene rings is 2. The van der Waals surface area contributed by atoms with E-state index in [-0.39, 0.29) is 11.7 Å². The molecule has 0 aliphatic heterocycles. The Balaban J connectivity index is 2.17. The fraction of sp³-hybridized carbons (Fsp3) is 0.133. The quantitative estimate of drug-likeness (QED) is 0.653. The number of anilines is 1. The summed E-state index contributed by atoms with van der Waals surface area (Å²) < 4.78 is 13.2. The van der Waals surface area contributed by atoms with Crippen LogP contribution < -0.4 is 10.6 Å². The summed E-state index contributed by atoms with van der Waals surface area (Å²) in [5.41, 5.74) is 8.00. The molecule has 0 heterocycles. The SMILES string of the molecule is CN(Cc1cccc(C(=N)N)c1)c1cccc(F)c1. The first-order chi connectivity index (χ1) is 9.06. The summed E-state index contributed by atoms with van der Waals surface area (Å²) in [4.78, 5) is 1.95. The van der Waals surface area contributed by atoms with Gasteiger partial charge < -0.3 is 10.6 Å². The van der Waals surface area contributed by atoms with E-state index in [1.165, 1.54) is 12.1 Å². The Morgan fingerprint density at radius 2 is 1.95 bits per heavy atom. The van der Waals surface area contributed by atoms with E-state index in [0.29, 0.717) is 12.1 Å². The van der Waals surface area contributed by atoms with Gasteiger partial charge >= 0.3 is 0 Å². The molecule has 3 nitrogen and oxygen atoms in total. The lowest BCUT2D eigenvalue weighted by atomic mass is 10.1. The maximum absolute atomic E-state index is 13.2. The van der Waals surface area contributed by atoms with Gasteiger partial charge in [-0.2, -0.15) is 0 Å². The zero-order valence-electron chi connectivity index (χ0n) is 10.7. The van der Waals surface area contributed by atoms with Crippen molar-refractivity contribution < 1.29 is 4.39 Å². The average Bonchev–Trinajstić information content (AvgIpc) is 2.39. The summed E-state index contributed by atoms with van der Waals surface area (Å²) in [6.07, 6.45) is 0. The minimum Gasteiger partial charge on any atom is -0.384 e. The van der Waals surface area contributed by atoms with Crippen molar-refractivity contribution in [2.24, 2.45) is 5.73 Å². The predicted molar refractivity (Wildman–Crippen MR) is 76.0 cm³/mol. The number of amidine groups is 1. The van der Waals surface area contributed by atoms with E-state index in [1.807, 2.05) is 36.2 Å². The van der Waals surface area contributed by atoms with Crippen molar-refractivity contribution in [2.45, 2.75) is 6.54 Å². The van der Waals surface area contributed by atoms with Gasteiger partial charge in [0.25, 0.3) is 0 Å². The van der Waals surface area contributed by atoms with E-state index in [4.69, 9.17) is 11.1 Å². The molecular weight excluding hydrogens is 241 g/mol. The van der Waals surface area contributed by atoms with Gasteiger partial charge in [-0.1, -0.05) is 24.3 Å². The van der Waals surface area contributed by atoms with Crippen LogP contribution in [0.25, 0.3) is 0 Å². The highest BCUT2D eigenvalue weighted by Gasteiger charge is 2.04. The van der Waals surface area contributed by atoms with Gasteiger partial charge in [-0.15, -0.1) is 0 Å². The molecule has 2 aromatic rings. The van der Waals surface area contributed by atoms with Gasteiger partial charge in [-0.3, -0.25) is 5.41 Å². The third-order valence-electron chi connectivity index (χ3n) is 2.91. The van der Waals surface area contributed by atoms with Crippen LogP contribution in [-0.2, 0) is 6.54 Å². The molecule has 0 spiro atoms. The van der Waals surface area contributed by atoms with Crippen molar-refractivity contribution in [3.63, 3.8) is 0 Å². The van der Waals surface area contributed by atoms with Crippen molar-refractivity contribution >= 4 is 11.5 Å². The van der Waals surface area contributed by atoms with Gasteiger partial charge in [0.15, 0.2) is 0 Å². The highest BCUT2D eigenvalue weighted by molar-refractivity contribution is 5.95. The highest BCUT2D eigenvalue weighted by Crippen LogP contribution is 2.17. The van der Waals surface area contributed by atoms with Crippen LogP contribution in [-0.4, -0.2) is 12.9 Å². The molecule has 4 heteroatoms. The largest absolute Gasteiger partial charge is 0.384 e. The lowest BCUT2D eigenvalue weighted by Crippen LogP contribution is -2.17. The number of rotatable bonds is 4. The molecule has 0 atom stereocenters. The fourth-order valence-corrected chi connectivity index (χ4v) is 1.92. The monoisotopic (exact) mass is 257 g/mol. The Bertz CT molecular complexity index is 595. The lowest BCUT2D eigenvalue weighted by molar-refractivity contribution is 0.627. The van der Waals surface area contributed by atoms with Crippen LogP contribution in [0, 0.1) is 11.2 Å². The third kappa shape index (κ3) is 3.31. The van der Waals surface area contributed by atoms with E-state index in [0.717, 1.165) is 11.3 Å². The van der Waals surface area contributed by atoms with E-state index in [1.54, 1.807) is 12.1 Å². The van der Waals surface area contributed by atoms with Crippen LogP contribution >= 0.6 is 0 Å². The molecule has 0 saturated heterocycles. The lowest BCUT2D eigenvalue weighted by Gasteiger charge is -2.19. The maximum atomic E-state index is 13.2. The Morgan fingerprint density at radius 3 is 2.63 bits per heavy atom. The summed E-state index contributed by atoms with van der Waals surface area (Å²) in [5.74, 6) is -0.197. The molecule has 3 N–H and O–H groups in total. The molecule has 0 aliphatic rings. The van der Waals surface area contributed by atoms with Crippen molar-refractivity contribution in [1.29, 1.82) is 5.41 Å². The molecule has 0 unspecified atom stereocenters. The number of nitrogens with zero attached hydrogens (tertiary/aromatic N) is 1. The number of nitrogen functional groups attached to an aromatic ring is 1. The molecule has 98 valence electrons. The van der Waals surface area contributed by atoms with Gasteiger partial charge in [0, 0.05) is 24.8 Å². The zero-order chi connectivity index (χ0) is 13.8. The molecule has 19 heavy (non-hydrogen) atoms. The van der Waals surface area contributed by atoms with Crippen LogP contribution in [0.3, 0.4) is 0 Å². The predicted octanol–water partition coefficient (Wildman–Crippen LogP) is 2.75. The van der Waals surface area contributed by atoms with E-state index in [9.17, 15) is 4.39 Å². The van der Waals surface area contributed by atoms with Crippen molar-refractivity contribution in [1.82, 2.24) is 0 Å². The molecule has 2 rings (SSSR count). The molecule has 0 bridgehead atoms. The number of halogens is 1. The van der Waals surface area contributed by atoms with Gasteiger partial charge in [-0.05, 0) is 29.8 Å². The van der Waals surface area contributed by atoms with Gasteiger partial charge in [-0.25, -0.2) is 4.39 Å². The Labute approximate surface area is 112 Å². The van der Waals surface area contributed by atoms with Gasteiger partial charge in [0.1, 0.15) is 11.7 Å². The summed E-state index contributed by atoms with van der Waals surface area (Å²) in [6.45, 7) is 0.630. The smallest absolute Gasteiger partial charge is 0.125 e. The molecule has 0 saturated carbocycles. The van der Waals surface area contributed by atoms with E-state index < -0.39 is 0 Å². The molecule has 0 aliphatic carbocycles. The second-order valence-corrected chi connectivity index (χ2v) is 4.45. The summed E-state index contributed by atoms with van der Waals surface area (Å²) in [5, 5.41) is 7.42. The molecule has 2 aromatic carbocycles. The molecule has 0 fully saturated rings. The van der Waals surface area contributed by atoms with Crippen LogP contribution in [0.4, 0.5) is 10.1 Å². The second-order valence-electron chi connectivity index (χ2n) is 4.45. The van der Waals surface area contributed by atoms with Crippen LogP contribution in [0.5, 0.6) is 0 Å².